The maximum atomic E-state index is 12.5. The number of nitrogens with zero attached hydrogens (tertiary/aromatic N) is 3. The van der Waals surface area contributed by atoms with Crippen LogP contribution in [0.4, 0.5) is 5.69 Å². The largest absolute Gasteiger partial charge is 0.497 e. The molecular formula is C18H18N4O3. The van der Waals surface area contributed by atoms with Crippen molar-refractivity contribution in [2.24, 2.45) is 0 Å². The molecule has 0 fully saturated rings. The van der Waals surface area contributed by atoms with Gasteiger partial charge in [0, 0.05) is 17.8 Å². The summed E-state index contributed by atoms with van der Waals surface area (Å²) in [5.41, 5.74) is 2.28. The second kappa shape index (κ2) is 7.04. The molecule has 25 heavy (non-hydrogen) atoms. The molecule has 0 aliphatic carbocycles. The number of nitrogens with one attached hydrogen (secondary N) is 1. The second-order valence-electron chi connectivity index (χ2n) is 5.32. The van der Waals surface area contributed by atoms with Crippen LogP contribution in [-0.2, 0) is 0 Å². The molecule has 7 nitrogen and oxygen atoms in total. The van der Waals surface area contributed by atoms with Gasteiger partial charge in [0.25, 0.3) is 5.91 Å². The molecule has 1 amide bonds. The summed E-state index contributed by atoms with van der Waals surface area (Å²) in [5, 5.41) is 10.9. The van der Waals surface area contributed by atoms with Crippen LogP contribution in [0.2, 0.25) is 0 Å². The number of carbonyl (C=O) groups is 1. The van der Waals surface area contributed by atoms with Crippen molar-refractivity contribution in [2.45, 2.75) is 6.92 Å². The lowest BCUT2D eigenvalue weighted by atomic mass is 10.2. The predicted octanol–water partition coefficient (Wildman–Crippen LogP) is 2.85. The fourth-order valence-electron chi connectivity index (χ4n) is 2.42. The van der Waals surface area contributed by atoms with Gasteiger partial charge in [0.15, 0.2) is 5.69 Å². The molecule has 7 heteroatoms. The average Bonchev–Trinajstić information content (AvgIpc) is 3.03. The van der Waals surface area contributed by atoms with Gasteiger partial charge in [-0.1, -0.05) is 17.3 Å². The van der Waals surface area contributed by atoms with Crippen molar-refractivity contribution in [3.05, 3.63) is 59.9 Å². The third kappa shape index (κ3) is 3.45. The van der Waals surface area contributed by atoms with E-state index >= 15 is 0 Å². The Morgan fingerprint density at radius 3 is 2.44 bits per heavy atom. The first kappa shape index (κ1) is 16.5. The third-order valence-electron chi connectivity index (χ3n) is 3.74. The van der Waals surface area contributed by atoms with E-state index in [1.807, 2.05) is 24.3 Å². The van der Waals surface area contributed by atoms with E-state index in [4.69, 9.17) is 9.47 Å². The van der Waals surface area contributed by atoms with E-state index in [0.717, 1.165) is 5.69 Å². The number of benzene rings is 2. The molecule has 0 bridgehead atoms. The minimum Gasteiger partial charge on any atom is -0.497 e. The van der Waals surface area contributed by atoms with Crippen LogP contribution >= 0.6 is 0 Å². The van der Waals surface area contributed by atoms with Crippen LogP contribution in [0.5, 0.6) is 11.5 Å². The molecule has 3 rings (SSSR count). The summed E-state index contributed by atoms with van der Waals surface area (Å²) in [6, 6.07) is 14.5. The summed E-state index contributed by atoms with van der Waals surface area (Å²) in [6.45, 7) is 1.79. The number of ether oxygens (including phenoxy) is 2. The molecule has 1 aromatic heterocycles. The number of aromatic nitrogens is 3. The number of amides is 1. The van der Waals surface area contributed by atoms with Gasteiger partial charge in [0.2, 0.25) is 0 Å². The Bertz CT molecular complexity index is 905. The molecule has 1 N–H and O–H groups in total. The lowest BCUT2D eigenvalue weighted by molar-refractivity contribution is 0.102. The zero-order chi connectivity index (χ0) is 17.8. The average molecular weight is 338 g/mol. The van der Waals surface area contributed by atoms with Crippen LogP contribution < -0.4 is 14.8 Å². The second-order valence-corrected chi connectivity index (χ2v) is 5.32. The van der Waals surface area contributed by atoms with Gasteiger partial charge in [-0.3, -0.25) is 4.79 Å². The number of hydrogen-bond donors (Lipinski definition) is 1. The van der Waals surface area contributed by atoms with Crippen LogP contribution in [-0.4, -0.2) is 35.1 Å². The molecule has 0 saturated carbocycles. The van der Waals surface area contributed by atoms with Gasteiger partial charge in [-0.05, 0) is 31.2 Å². The number of methoxy groups -OCH3 is 2. The van der Waals surface area contributed by atoms with Crippen LogP contribution in [0.3, 0.4) is 0 Å². The molecule has 0 radical (unpaired) electrons. The smallest absolute Gasteiger partial charge is 0.278 e. The zero-order valence-corrected chi connectivity index (χ0v) is 14.2. The standard InChI is InChI=1S/C18H18N4O3/c1-12-17(18(23)19-13-6-4-8-15(10-13)24-2)20-21-22(12)14-7-5-9-16(11-14)25-3/h4-11H,1-3H3,(H,19,23). The van der Waals surface area contributed by atoms with Gasteiger partial charge < -0.3 is 14.8 Å². The SMILES string of the molecule is COc1cccc(NC(=O)c2nnn(-c3cccc(OC)c3)c2C)c1. The Kier molecular flexibility index (Phi) is 4.65. The van der Waals surface area contributed by atoms with Crippen molar-refractivity contribution in [3.63, 3.8) is 0 Å². The summed E-state index contributed by atoms with van der Waals surface area (Å²) >= 11 is 0. The van der Waals surface area contributed by atoms with Gasteiger partial charge in [-0.25, -0.2) is 4.68 Å². The molecule has 1 heterocycles. The monoisotopic (exact) mass is 338 g/mol. The first-order valence-corrected chi connectivity index (χ1v) is 7.64. The molecule has 0 saturated heterocycles. The summed E-state index contributed by atoms with van der Waals surface area (Å²) in [6.07, 6.45) is 0. The zero-order valence-electron chi connectivity index (χ0n) is 14.2. The van der Waals surface area contributed by atoms with Crippen molar-refractivity contribution in [3.8, 4) is 17.2 Å². The molecule has 0 atom stereocenters. The van der Waals surface area contributed by atoms with Gasteiger partial charge in [0.1, 0.15) is 11.5 Å². The van der Waals surface area contributed by atoms with E-state index in [-0.39, 0.29) is 11.6 Å². The Balaban J connectivity index is 1.85. The molecule has 0 aliphatic rings. The quantitative estimate of drug-likeness (QED) is 0.774. The predicted molar refractivity (Wildman–Crippen MR) is 93.6 cm³/mol. The van der Waals surface area contributed by atoms with E-state index in [0.29, 0.717) is 22.9 Å². The van der Waals surface area contributed by atoms with Crippen molar-refractivity contribution in [1.82, 2.24) is 15.0 Å². The van der Waals surface area contributed by atoms with Crippen molar-refractivity contribution in [2.75, 3.05) is 19.5 Å². The Morgan fingerprint density at radius 2 is 1.72 bits per heavy atom. The van der Waals surface area contributed by atoms with Crippen molar-refractivity contribution >= 4 is 11.6 Å². The van der Waals surface area contributed by atoms with Crippen LogP contribution in [0.15, 0.2) is 48.5 Å². The fourth-order valence-corrected chi connectivity index (χ4v) is 2.42. The van der Waals surface area contributed by atoms with Crippen LogP contribution in [0, 0.1) is 6.92 Å². The highest BCUT2D eigenvalue weighted by Crippen LogP contribution is 2.20. The first-order chi connectivity index (χ1) is 12.1. The highest BCUT2D eigenvalue weighted by atomic mass is 16.5. The minimum absolute atomic E-state index is 0.255. The van der Waals surface area contributed by atoms with Crippen molar-refractivity contribution in [1.29, 1.82) is 0 Å². The normalized spacial score (nSPS) is 10.4. The molecular weight excluding hydrogens is 320 g/mol. The van der Waals surface area contributed by atoms with Crippen molar-refractivity contribution < 1.29 is 14.3 Å². The van der Waals surface area contributed by atoms with E-state index in [1.54, 1.807) is 50.1 Å². The summed E-state index contributed by atoms with van der Waals surface area (Å²) in [7, 11) is 3.17. The topological polar surface area (TPSA) is 78.3 Å². The van der Waals surface area contributed by atoms with E-state index in [1.165, 1.54) is 0 Å². The molecule has 0 unspecified atom stereocenters. The highest BCUT2D eigenvalue weighted by Gasteiger charge is 2.18. The number of anilines is 1. The minimum atomic E-state index is -0.333. The molecule has 128 valence electrons. The highest BCUT2D eigenvalue weighted by molar-refractivity contribution is 6.03. The Labute approximate surface area is 145 Å². The summed E-state index contributed by atoms with van der Waals surface area (Å²) < 4.78 is 12.0. The number of carbonyl (C=O) groups excluding carboxylic acids is 1. The lowest BCUT2D eigenvalue weighted by Crippen LogP contribution is -2.14. The molecule has 2 aromatic carbocycles. The van der Waals surface area contributed by atoms with E-state index in [9.17, 15) is 4.79 Å². The third-order valence-corrected chi connectivity index (χ3v) is 3.74. The molecule has 3 aromatic rings. The maximum absolute atomic E-state index is 12.5. The lowest BCUT2D eigenvalue weighted by Gasteiger charge is -2.07. The van der Waals surface area contributed by atoms with Gasteiger partial charge in [-0.15, -0.1) is 5.10 Å². The van der Waals surface area contributed by atoms with E-state index < -0.39 is 0 Å². The van der Waals surface area contributed by atoms with Gasteiger partial charge >= 0.3 is 0 Å². The van der Waals surface area contributed by atoms with E-state index in [2.05, 4.69) is 15.6 Å². The van der Waals surface area contributed by atoms with Crippen LogP contribution in [0.25, 0.3) is 5.69 Å². The Hall–Kier alpha value is -3.35. The fraction of sp³-hybridized carbons (Fsp3) is 0.167. The first-order valence-electron chi connectivity index (χ1n) is 7.64. The summed E-state index contributed by atoms with van der Waals surface area (Å²) in [5.74, 6) is 1.03. The molecule has 0 spiro atoms. The number of hydrogen-bond acceptors (Lipinski definition) is 5. The van der Waals surface area contributed by atoms with Crippen LogP contribution in [0.1, 0.15) is 16.2 Å². The summed E-state index contributed by atoms with van der Waals surface area (Å²) in [4.78, 5) is 12.5. The van der Waals surface area contributed by atoms with Gasteiger partial charge in [0.05, 0.1) is 25.6 Å². The number of rotatable bonds is 5. The van der Waals surface area contributed by atoms with Gasteiger partial charge in [-0.2, -0.15) is 0 Å². The Morgan fingerprint density at radius 1 is 1.04 bits per heavy atom. The molecule has 0 aliphatic heterocycles. The maximum Gasteiger partial charge on any atom is 0.278 e.